The van der Waals surface area contributed by atoms with Gasteiger partial charge in [0.25, 0.3) is 0 Å². The Kier molecular flexibility index (Phi) is 8.63. The fourth-order valence-electron chi connectivity index (χ4n) is 5.35. The molecule has 0 spiro atoms. The number of anilines is 1. The molecular weight excluding hydrogens is 518 g/mol. The number of pyridine rings is 1. The summed E-state index contributed by atoms with van der Waals surface area (Å²) in [5.74, 6) is 1.18. The van der Waals surface area contributed by atoms with E-state index in [1.807, 2.05) is 66.7 Å². The molecule has 0 unspecified atom stereocenters. The van der Waals surface area contributed by atoms with E-state index in [1.54, 1.807) is 27.4 Å². The molecule has 5 rings (SSSR count). The van der Waals surface area contributed by atoms with Crippen molar-refractivity contribution in [3.8, 4) is 28.8 Å². The number of nitrogens with zero attached hydrogens (tertiary/aromatic N) is 3. The molecule has 0 saturated carbocycles. The van der Waals surface area contributed by atoms with Crippen LogP contribution in [0.3, 0.4) is 0 Å². The number of nitriles is 1. The first-order valence-electron chi connectivity index (χ1n) is 13.4. The number of benzene rings is 3. The summed E-state index contributed by atoms with van der Waals surface area (Å²) in [6.07, 6.45) is 0. The molecule has 210 valence electrons. The van der Waals surface area contributed by atoms with Gasteiger partial charge in [0, 0.05) is 49.7 Å². The van der Waals surface area contributed by atoms with Gasteiger partial charge in [0.15, 0.2) is 11.5 Å². The van der Waals surface area contributed by atoms with E-state index in [2.05, 4.69) is 21.6 Å². The molecule has 1 fully saturated rings. The smallest absolute Gasteiger partial charge is 0.319 e. The van der Waals surface area contributed by atoms with Crippen molar-refractivity contribution in [1.82, 2.24) is 15.2 Å². The summed E-state index contributed by atoms with van der Waals surface area (Å²) in [6, 6.07) is 24.6. The molecule has 0 radical (unpaired) electrons. The van der Waals surface area contributed by atoms with Crippen molar-refractivity contribution in [2.24, 2.45) is 0 Å². The predicted octanol–water partition coefficient (Wildman–Crippen LogP) is 5.03. The number of ether oxygens (including phenoxy) is 3. The van der Waals surface area contributed by atoms with Crippen molar-refractivity contribution in [2.75, 3.05) is 52.9 Å². The van der Waals surface area contributed by atoms with Crippen molar-refractivity contribution < 1.29 is 19.0 Å². The largest absolute Gasteiger partial charge is 0.493 e. The Labute approximate surface area is 239 Å². The maximum atomic E-state index is 13.5. The van der Waals surface area contributed by atoms with Crippen LogP contribution in [0.15, 0.2) is 72.8 Å². The van der Waals surface area contributed by atoms with Crippen LogP contribution in [-0.4, -0.2) is 69.5 Å². The average Bonchev–Trinajstić information content (AvgIpc) is 3.41. The van der Waals surface area contributed by atoms with E-state index < -0.39 is 0 Å². The number of amides is 2. The van der Waals surface area contributed by atoms with Gasteiger partial charge in [0.05, 0.1) is 55.4 Å². The highest BCUT2D eigenvalue weighted by molar-refractivity contribution is 5.98. The summed E-state index contributed by atoms with van der Waals surface area (Å²) < 4.78 is 16.3. The third-order valence-corrected chi connectivity index (χ3v) is 7.38. The fraction of sp³-hybridized carbons (Fsp3) is 0.281. The summed E-state index contributed by atoms with van der Waals surface area (Å²) in [5, 5.41) is 16.5. The average molecular weight is 552 g/mol. The third-order valence-electron chi connectivity index (χ3n) is 7.38. The molecule has 2 heterocycles. The molecule has 1 aliphatic heterocycles. The van der Waals surface area contributed by atoms with Crippen LogP contribution in [0.2, 0.25) is 0 Å². The molecule has 3 aromatic carbocycles. The van der Waals surface area contributed by atoms with Gasteiger partial charge in [-0.1, -0.05) is 42.5 Å². The molecule has 0 aliphatic carbocycles. The number of methoxy groups -OCH3 is 3. The number of aromatic nitrogens is 1. The second-order valence-electron chi connectivity index (χ2n) is 9.95. The second-order valence-corrected chi connectivity index (χ2v) is 9.95. The Morgan fingerprint density at radius 1 is 1.00 bits per heavy atom. The summed E-state index contributed by atoms with van der Waals surface area (Å²) >= 11 is 0. The number of hydrogen-bond acceptors (Lipinski definition) is 7. The molecular formula is C32H33N5O4. The molecule has 1 saturated heterocycles. The number of fused-ring (bicyclic) bond motifs is 1. The molecule has 0 bridgehead atoms. The lowest BCUT2D eigenvalue weighted by molar-refractivity contribution is 0.159. The van der Waals surface area contributed by atoms with Gasteiger partial charge in [-0.05, 0) is 29.8 Å². The van der Waals surface area contributed by atoms with E-state index in [1.165, 1.54) is 0 Å². The quantitative estimate of drug-likeness (QED) is 0.300. The van der Waals surface area contributed by atoms with Crippen molar-refractivity contribution >= 4 is 22.6 Å². The van der Waals surface area contributed by atoms with Crippen molar-refractivity contribution in [3.63, 3.8) is 0 Å². The lowest BCUT2D eigenvalue weighted by Gasteiger charge is -2.21. The predicted molar refractivity (Wildman–Crippen MR) is 158 cm³/mol. The Morgan fingerprint density at radius 2 is 1.78 bits per heavy atom. The lowest BCUT2D eigenvalue weighted by Crippen LogP contribution is -2.42. The van der Waals surface area contributed by atoms with Gasteiger partial charge in [-0.3, -0.25) is 4.90 Å². The highest BCUT2D eigenvalue weighted by Crippen LogP contribution is 2.36. The number of rotatable bonds is 9. The summed E-state index contributed by atoms with van der Waals surface area (Å²) in [4.78, 5) is 20.7. The van der Waals surface area contributed by atoms with Gasteiger partial charge in [-0.2, -0.15) is 5.26 Å². The van der Waals surface area contributed by atoms with Gasteiger partial charge >= 0.3 is 6.03 Å². The maximum Gasteiger partial charge on any atom is 0.319 e. The van der Waals surface area contributed by atoms with E-state index in [-0.39, 0.29) is 18.0 Å². The van der Waals surface area contributed by atoms with Crippen LogP contribution in [0.4, 0.5) is 10.5 Å². The number of urea groups is 1. The Morgan fingerprint density at radius 3 is 2.51 bits per heavy atom. The number of carbonyl (C=O) groups excluding carboxylic acids is 1. The minimum absolute atomic E-state index is 0.0194. The van der Waals surface area contributed by atoms with Crippen LogP contribution in [0.1, 0.15) is 17.0 Å². The fourth-order valence-corrected chi connectivity index (χ4v) is 5.35. The van der Waals surface area contributed by atoms with Crippen molar-refractivity contribution in [1.29, 1.82) is 5.26 Å². The first-order chi connectivity index (χ1) is 20.0. The minimum Gasteiger partial charge on any atom is -0.493 e. The monoisotopic (exact) mass is 551 g/mol. The molecule has 4 aromatic rings. The second kappa shape index (κ2) is 12.7. The number of hydrogen-bond donors (Lipinski definition) is 2. The van der Waals surface area contributed by atoms with E-state index in [0.29, 0.717) is 41.6 Å². The molecule has 9 heteroatoms. The molecule has 2 atom stereocenters. The molecule has 1 aromatic heterocycles. The molecule has 2 amide bonds. The van der Waals surface area contributed by atoms with E-state index >= 15 is 0 Å². The highest BCUT2D eigenvalue weighted by atomic mass is 16.5. The van der Waals surface area contributed by atoms with Gasteiger partial charge in [-0.25, -0.2) is 9.78 Å². The SMILES string of the molecule is COCCN1C[C@@H](NC(=O)Nc2cc3cc(OC)c(OC)cc3nc2-c2ccccc2)[C@H](c2cccc(C#N)c2)C1. The molecule has 1 aliphatic rings. The van der Waals surface area contributed by atoms with Crippen LogP contribution in [0.5, 0.6) is 11.5 Å². The van der Waals surface area contributed by atoms with Crippen molar-refractivity contribution in [3.05, 3.63) is 83.9 Å². The zero-order valence-corrected chi connectivity index (χ0v) is 23.4. The van der Waals surface area contributed by atoms with Gasteiger partial charge in [-0.15, -0.1) is 0 Å². The topological polar surface area (TPSA) is 109 Å². The number of carbonyl (C=O) groups is 1. The van der Waals surface area contributed by atoms with Crippen LogP contribution < -0.4 is 20.1 Å². The van der Waals surface area contributed by atoms with Crippen molar-refractivity contribution in [2.45, 2.75) is 12.0 Å². The Bertz CT molecular complexity index is 1570. The third kappa shape index (κ3) is 6.24. The van der Waals surface area contributed by atoms with Crippen LogP contribution >= 0.6 is 0 Å². The van der Waals surface area contributed by atoms with Gasteiger partial charge in [0.2, 0.25) is 0 Å². The Balaban J connectivity index is 1.45. The summed E-state index contributed by atoms with van der Waals surface area (Å²) in [5.41, 5.74) is 4.43. The minimum atomic E-state index is -0.330. The summed E-state index contributed by atoms with van der Waals surface area (Å²) in [6.45, 7) is 2.76. The van der Waals surface area contributed by atoms with E-state index in [0.717, 1.165) is 35.1 Å². The van der Waals surface area contributed by atoms with E-state index in [9.17, 15) is 10.1 Å². The van der Waals surface area contributed by atoms with Gasteiger partial charge < -0.3 is 24.8 Å². The lowest BCUT2D eigenvalue weighted by atomic mass is 9.93. The highest BCUT2D eigenvalue weighted by Gasteiger charge is 2.35. The normalized spacial score (nSPS) is 16.7. The number of nitrogens with one attached hydrogen (secondary N) is 2. The first-order valence-corrected chi connectivity index (χ1v) is 13.4. The zero-order chi connectivity index (χ0) is 28.8. The van der Waals surface area contributed by atoms with Crippen LogP contribution in [0.25, 0.3) is 22.2 Å². The number of likely N-dealkylation sites (tertiary alicyclic amines) is 1. The first kappa shape index (κ1) is 27.9. The Hall–Kier alpha value is -4.65. The standard InChI is InChI=1S/C32H33N5O4/c1-39-13-12-37-19-25(23-11-7-8-21(14-23)18-33)28(20-37)36-32(38)35-27-15-24-16-29(40-2)30(41-3)17-26(24)34-31(27)22-9-5-4-6-10-22/h4-11,14-17,25,28H,12-13,19-20H2,1-3H3,(H2,35,36,38)/t25-,28+/m0/s1. The maximum absolute atomic E-state index is 13.5. The summed E-state index contributed by atoms with van der Waals surface area (Å²) in [7, 11) is 4.86. The van der Waals surface area contributed by atoms with Crippen LogP contribution in [-0.2, 0) is 4.74 Å². The molecule has 9 nitrogen and oxygen atoms in total. The molecule has 2 N–H and O–H groups in total. The zero-order valence-electron chi connectivity index (χ0n) is 23.4. The van der Waals surface area contributed by atoms with Gasteiger partial charge in [0.1, 0.15) is 0 Å². The molecule has 41 heavy (non-hydrogen) atoms. The van der Waals surface area contributed by atoms with Crippen LogP contribution in [0, 0.1) is 11.3 Å². The van der Waals surface area contributed by atoms with E-state index in [4.69, 9.17) is 19.2 Å².